The van der Waals surface area contributed by atoms with Gasteiger partial charge >= 0.3 is 5.97 Å². The molecule has 0 aromatic rings. The monoisotopic (exact) mass is 2080 g/mol. The Labute approximate surface area is 803 Å². The number of hydrogen-bond donors (Lipinski definition) is 36. The Kier molecular flexibility index (Phi) is 41.7. The molecule has 0 bridgehead atoms. The molecule has 0 spiro atoms. The molecule has 11 aliphatic heterocycles. The first-order chi connectivity index (χ1) is 67.0. The normalized spacial score (nSPS) is 48.0. The third-order valence-electron chi connectivity index (χ3n) is 25.9. The van der Waals surface area contributed by atoms with Crippen molar-refractivity contribution in [3.63, 3.8) is 0 Å². The van der Waals surface area contributed by atoms with Gasteiger partial charge in [0.25, 0.3) is 5.79 Å². The van der Waals surface area contributed by atoms with Crippen molar-refractivity contribution in [1.82, 2.24) is 26.6 Å². The number of carboxylic acids is 1. The zero-order valence-electron chi connectivity index (χ0n) is 76.4. The molecule has 0 aromatic heterocycles. The molecule has 0 aliphatic carbocycles. The van der Waals surface area contributed by atoms with Crippen LogP contribution in [-0.4, -0.2) is 603 Å². The lowest BCUT2D eigenvalue weighted by Gasteiger charge is -2.52. The van der Waals surface area contributed by atoms with Gasteiger partial charge in [-0.15, -0.1) is 0 Å². The quantitative estimate of drug-likeness (QED) is 0.0273. The maximum absolute atomic E-state index is 13.6. The number of nitrogens with one attached hydrogen (secondary N) is 5. The largest absolute Gasteiger partial charge is 0.477 e. The van der Waals surface area contributed by atoms with Crippen molar-refractivity contribution >= 4 is 35.5 Å². The van der Waals surface area contributed by atoms with Gasteiger partial charge in [-0.2, -0.15) is 0 Å². The fourth-order valence-corrected chi connectivity index (χ4v) is 18.5. The summed E-state index contributed by atoms with van der Waals surface area (Å²) in [6, 6.07) is -9.76. The molecule has 0 unspecified atom stereocenters. The fourth-order valence-electron chi connectivity index (χ4n) is 18.5. The Balaban J connectivity index is 0.933. The Morgan fingerprint density at radius 2 is 0.627 bits per heavy atom. The van der Waals surface area contributed by atoms with E-state index in [0.29, 0.717) is 0 Å². The summed E-state index contributed by atoms with van der Waals surface area (Å²) in [5.74, 6) is -10.4. The van der Waals surface area contributed by atoms with Crippen molar-refractivity contribution < 1.29 is 287 Å². The van der Waals surface area contributed by atoms with Crippen LogP contribution in [0.3, 0.4) is 0 Å². The van der Waals surface area contributed by atoms with Crippen molar-refractivity contribution in [3.05, 3.63) is 0 Å². The number of hydrogen-bond acceptors (Lipinski definition) is 57. The number of aliphatic hydroxyl groups is 30. The molecule has 0 aromatic carbocycles. The lowest BCUT2D eigenvalue weighted by Crippen LogP contribution is -2.71. The van der Waals surface area contributed by atoms with Gasteiger partial charge in [0.15, 0.2) is 62.9 Å². The van der Waals surface area contributed by atoms with Crippen LogP contribution in [0.2, 0.25) is 0 Å². The molecule has 820 valence electrons. The summed E-state index contributed by atoms with van der Waals surface area (Å²) >= 11 is 0. The van der Waals surface area contributed by atoms with E-state index in [9.17, 15) is 187 Å². The van der Waals surface area contributed by atoms with E-state index in [1.54, 1.807) is 0 Å². The molecular formula is C79H131N5O58. The average Bonchev–Trinajstić information content (AvgIpc) is 0.729. The zero-order chi connectivity index (χ0) is 105. The standard InChI is InChI=1S/C79H131N5O58/c1-18-40(101)50(111)54(115)72(123-18)137-63-39(84-23(6)98)71(131-33(16-93)61(63)136-73-55(116)51(112)42(103)26(9-86)125-73)140-67-53(114)44(105)28(11-88)128-77(67)138-64-46(107)34(132-74(56(64)117)134-59-31(14-91)129-69(37(48(59)109)82-21(4)96)133-58-30(13-90)124-68(119)36(47(58)108)81-20(3)95)17-122-76-66(52(113)43(104)27(10-87)127-76)139-70-38(83-22(5)97)49(110)60(32(15-92)130-70)135-75-57(118)65(45(106)29(12-89)126-75)142-79(78(120)121)7-24(99)35(80-19(2)94)62(141-79)41(102)25(100)8-85/h18,24-77,85-93,99-119H,7-17H2,1-6H3,(H,80,94)(H,81,95)(H,82,96)(H,83,97)(H,84,98)(H,120,121)/t18-,24+,25-,26-,27-,28-,29-,30-,31-,32-,33-,34-,35-,36-,37-,38-,39-,40+,41-,42+,43-,44-,45+,46-,47-,48-,49-,50+,51+,52+,53+,54-,55-,56+,57-,58-,59-,60-,61-,62-,63-,64+,65+,66+,67+,68+,69+,70+,71+,72-,73+,74+,75+,76+,77-,79+/m1/s1. The number of rotatable bonds is 38. The van der Waals surface area contributed by atoms with Crippen LogP contribution in [0.1, 0.15) is 48.0 Å². The van der Waals surface area contributed by atoms with E-state index in [1.807, 2.05) is 0 Å². The number of ether oxygens (including phenoxy) is 21. The van der Waals surface area contributed by atoms with Gasteiger partial charge in [0.05, 0.1) is 84.3 Å². The van der Waals surface area contributed by atoms with Crippen LogP contribution in [0.4, 0.5) is 0 Å². The van der Waals surface area contributed by atoms with Crippen LogP contribution in [0.15, 0.2) is 0 Å². The molecule has 11 fully saturated rings. The minimum absolute atomic E-state index is 0.830. The van der Waals surface area contributed by atoms with E-state index in [1.165, 1.54) is 6.92 Å². The Hall–Kier alpha value is -5.22. The lowest BCUT2D eigenvalue weighted by molar-refractivity contribution is -0.403. The Morgan fingerprint density at radius 3 is 1.09 bits per heavy atom. The second kappa shape index (κ2) is 50.6. The predicted octanol–water partition coefficient (Wildman–Crippen LogP) is -24.0. The molecule has 63 nitrogen and oxygen atoms in total. The number of carbonyl (C=O) groups is 6. The minimum Gasteiger partial charge on any atom is -0.477 e. The Bertz CT molecular complexity index is 4010. The van der Waals surface area contributed by atoms with Crippen molar-refractivity contribution in [3.8, 4) is 0 Å². The highest BCUT2D eigenvalue weighted by atomic mass is 16.8. The third-order valence-corrected chi connectivity index (χ3v) is 25.9. The van der Waals surface area contributed by atoms with E-state index < -0.39 is 451 Å². The number of carboxylic acid groups (broad SMARTS) is 1. The number of amides is 5. The number of aliphatic hydroxyl groups excluding tert-OH is 30. The van der Waals surface area contributed by atoms with Crippen LogP contribution in [0.5, 0.6) is 0 Å². The van der Waals surface area contributed by atoms with Crippen LogP contribution < -0.4 is 26.6 Å². The second-order valence-electron chi connectivity index (χ2n) is 35.9. The second-order valence-corrected chi connectivity index (χ2v) is 35.9. The van der Waals surface area contributed by atoms with E-state index in [4.69, 9.17) is 99.5 Å². The highest BCUT2D eigenvalue weighted by Gasteiger charge is 2.65. The molecule has 63 heteroatoms. The van der Waals surface area contributed by atoms with Crippen molar-refractivity contribution in [2.75, 3.05) is 66.1 Å². The molecule has 142 heavy (non-hydrogen) atoms. The van der Waals surface area contributed by atoms with Crippen molar-refractivity contribution in [2.24, 2.45) is 0 Å². The van der Waals surface area contributed by atoms with Crippen molar-refractivity contribution in [1.29, 1.82) is 0 Å². The maximum Gasteiger partial charge on any atom is 0.364 e. The van der Waals surface area contributed by atoms with E-state index in [2.05, 4.69) is 26.6 Å². The molecule has 11 saturated heterocycles. The summed E-state index contributed by atoms with van der Waals surface area (Å²) in [5, 5.41) is 362. The molecule has 0 saturated carbocycles. The summed E-state index contributed by atoms with van der Waals surface area (Å²) in [4.78, 5) is 78.0. The molecule has 11 aliphatic rings. The van der Waals surface area contributed by atoms with Gasteiger partial charge < -0.3 is 284 Å². The number of carbonyl (C=O) groups excluding carboxylic acids is 5. The van der Waals surface area contributed by atoms with Gasteiger partial charge in [0, 0.05) is 41.0 Å². The first-order valence-electron chi connectivity index (χ1n) is 45.1. The molecule has 36 N–H and O–H groups in total. The topological polar surface area (TPSA) is 984 Å². The van der Waals surface area contributed by atoms with Gasteiger partial charge in [-0.3, -0.25) is 24.0 Å². The molecule has 0 radical (unpaired) electrons. The molecule has 56 atom stereocenters. The van der Waals surface area contributed by atoms with Crippen LogP contribution in [0, 0.1) is 0 Å². The first-order valence-corrected chi connectivity index (χ1v) is 45.1. The fraction of sp³-hybridized carbons (Fsp3) is 0.924. The Morgan fingerprint density at radius 1 is 0.303 bits per heavy atom. The smallest absolute Gasteiger partial charge is 0.364 e. The molecule has 5 amide bonds. The molecule has 11 rings (SSSR count). The van der Waals surface area contributed by atoms with E-state index >= 15 is 0 Å². The van der Waals surface area contributed by atoms with Crippen LogP contribution in [-0.2, 0) is 128 Å². The van der Waals surface area contributed by atoms with Gasteiger partial charge in [-0.1, -0.05) is 0 Å². The summed E-state index contributed by atoms with van der Waals surface area (Å²) in [7, 11) is 0. The van der Waals surface area contributed by atoms with Gasteiger partial charge in [-0.05, 0) is 6.92 Å². The third kappa shape index (κ3) is 25.6. The zero-order valence-corrected chi connectivity index (χ0v) is 76.4. The van der Waals surface area contributed by atoms with Crippen LogP contribution in [0.25, 0.3) is 0 Å². The summed E-state index contributed by atoms with van der Waals surface area (Å²) in [6.07, 6.45) is -112. The highest BCUT2D eigenvalue weighted by molar-refractivity contribution is 5.77. The van der Waals surface area contributed by atoms with Crippen LogP contribution >= 0.6 is 0 Å². The van der Waals surface area contributed by atoms with Gasteiger partial charge in [0.1, 0.15) is 256 Å². The molecular weight excluding hydrogens is 1950 g/mol. The maximum atomic E-state index is 13.6. The number of aliphatic carboxylic acids is 1. The highest BCUT2D eigenvalue weighted by Crippen LogP contribution is 2.44. The summed E-state index contributed by atoms with van der Waals surface area (Å²) in [5.41, 5.74) is 0. The lowest BCUT2D eigenvalue weighted by atomic mass is 9.88. The summed E-state index contributed by atoms with van der Waals surface area (Å²) in [6.45, 7) is -6.54. The SMILES string of the molecule is CC(=O)N[C@@H]1[C@@H](O)[C@H](O[C@@H]2O[C@H](CO)[C@@H](O[C@@H]3O[C@H](CO[C@H]4O[C@H](CO)[C@@H](O)[C@H](O)[C@@H]4O[C@@H]4O[C@H](CO)[C@@H](O[C@@H]5O[C@H](CO)[C@H](O)[C@H](O[C@]6(C(=O)O)C[C@H](O)[C@@H](NC(C)=O)[C@H]([C@H](O)[C@H](O)CO)O6)[C@H]5O)[C@H](O)[C@H]4NC(C)=O)[C@@H](O)[C@H](O[C@H]4O[C@H](CO)[C@@H](O)[C@H](O)[C@@H]4O[C@@H]4O[C@H](CO)[C@@H](O[C@@H]5O[C@H](CO)[C@H](O)[C@H](O)[C@H]5O)[C@H](O[C@H]5O[C@H](C)[C@H](O)[C@H](O)[C@H]5O)[C@H]4NC(C)=O)[C@@H]3O)[C@H](O)[C@H]2NC(C)=O)[C@@H](CO)O[C@@H]1O. The molecule has 11 heterocycles. The average molecular weight is 2080 g/mol. The predicted molar refractivity (Wildman–Crippen MR) is 436 cm³/mol. The van der Waals surface area contributed by atoms with Gasteiger partial charge in [-0.25, -0.2) is 4.79 Å². The van der Waals surface area contributed by atoms with E-state index in [-0.39, 0.29) is 0 Å². The summed E-state index contributed by atoms with van der Waals surface area (Å²) < 4.78 is 126. The minimum atomic E-state index is -3.34. The first kappa shape index (κ1) is 117. The van der Waals surface area contributed by atoms with E-state index in [0.717, 1.165) is 34.6 Å². The van der Waals surface area contributed by atoms with Gasteiger partial charge in [0.2, 0.25) is 29.5 Å². The van der Waals surface area contributed by atoms with Crippen molar-refractivity contribution in [2.45, 2.75) is 391 Å².